The van der Waals surface area contributed by atoms with Crippen LogP contribution in [0.2, 0.25) is 0 Å². The number of hydrogen-bond acceptors (Lipinski definition) is 3. The Hall–Kier alpha value is -0.830. The van der Waals surface area contributed by atoms with Crippen molar-refractivity contribution in [2.75, 3.05) is 6.61 Å². The monoisotopic (exact) mass is 366 g/mol. The molecule has 3 nitrogen and oxygen atoms in total. The van der Waals surface area contributed by atoms with Gasteiger partial charge in [-0.3, -0.25) is 4.79 Å². The second kappa shape index (κ2) is 14.3. The van der Waals surface area contributed by atoms with E-state index in [0.717, 1.165) is 12.8 Å². The molecule has 1 atom stereocenters. The number of carbonyl (C=O) groups is 1. The minimum atomic E-state index is -0.679. The average molecular weight is 367 g/mol. The second-order valence-corrected chi connectivity index (χ2v) is 8.13. The van der Waals surface area contributed by atoms with Gasteiger partial charge in [0.05, 0.1) is 6.61 Å². The molecule has 0 unspecified atom stereocenters. The highest BCUT2D eigenvalue weighted by Crippen LogP contribution is 2.31. The normalized spacial score (nSPS) is 19.7. The zero-order valence-corrected chi connectivity index (χ0v) is 17.4. The SMILES string of the molecule is CCCCCCCCCCCCCCCC[C@]1(C)OC(CCO)=CC1=O. The van der Waals surface area contributed by atoms with Crippen molar-refractivity contribution in [1.29, 1.82) is 0 Å². The molecule has 0 spiro atoms. The zero-order chi connectivity index (χ0) is 19.1. The van der Waals surface area contributed by atoms with Gasteiger partial charge in [-0.15, -0.1) is 0 Å². The molecule has 0 bridgehead atoms. The highest BCUT2D eigenvalue weighted by molar-refractivity contribution is 5.99. The Morgan fingerprint density at radius 2 is 1.31 bits per heavy atom. The van der Waals surface area contributed by atoms with Crippen LogP contribution in [0.25, 0.3) is 0 Å². The number of ketones is 1. The van der Waals surface area contributed by atoms with Crippen LogP contribution in [0.5, 0.6) is 0 Å². The minimum Gasteiger partial charge on any atom is -0.484 e. The summed E-state index contributed by atoms with van der Waals surface area (Å²) in [6, 6.07) is 0. The van der Waals surface area contributed by atoms with Gasteiger partial charge < -0.3 is 9.84 Å². The Morgan fingerprint density at radius 1 is 0.846 bits per heavy atom. The van der Waals surface area contributed by atoms with E-state index >= 15 is 0 Å². The summed E-state index contributed by atoms with van der Waals surface area (Å²) in [5.74, 6) is 0.709. The first-order chi connectivity index (χ1) is 12.6. The van der Waals surface area contributed by atoms with E-state index in [1.54, 1.807) is 6.08 Å². The lowest BCUT2D eigenvalue weighted by molar-refractivity contribution is -0.129. The minimum absolute atomic E-state index is 0.0358. The van der Waals surface area contributed by atoms with Gasteiger partial charge in [-0.25, -0.2) is 0 Å². The van der Waals surface area contributed by atoms with Crippen molar-refractivity contribution in [3.8, 4) is 0 Å². The molecular formula is C23H42O3. The summed E-state index contributed by atoms with van der Waals surface area (Å²) in [6.07, 6.45) is 21.6. The van der Waals surface area contributed by atoms with Crippen LogP contribution in [0.1, 0.15) is 117 Å². The fourth-order valence-electron chi connectivity index (χ4n) is 3.73. The van der Waals surface area contributed by atoms with Crippen LogP contribution in [0.15, 0.2) is 11.8 Å². The Morgan fingerprint density at radius 3 is 1.77 bits per heavy atom. The lowest BCUT2D eigenvalue weighted by Gasteiger charge is -2.23. The van der Waals surface area contributed by atoms with Crippen LogP contribution < -0.4 is 0 Å². The van der Waals surface area contributed by atoms with Crippen molar-refractivity contribution in [3.05, 3.63) is 11.8 Å². The van der Waals surface area contributed by atoms with Crippen LogP contribution in [0.3, 0.4) is 0 Å². The molecule has 0 aliphatic carbocycles. The van der Waals surface area contributed by atoms with Crippen LogP contribution in [0, 0.1) is 0 Å². The van der Waals surface area contributed by atoms with Crippen molar-refractivity contribution < 1.29 is 14.6 Å². The Kier molecular flexibility index (Phi) is 12.7. The molecular weight excluding hydrogens is 324 g/mol. The molecule has 1 heterocycles. The van der Waals surface area contributed by atoms with Crippen molar-refractivity contribution in [2.45, 2.75) is 122 Å². The van der Waals surface area contributed by atoms with Crippen molar-refractivity contribution in [3.63, 3.8) is 0 Å². The van der Waals surface area contributed by atoms with Gasteiger partial charge in [-0.1, -0.05) is 90.4 Å². The third kappa shape index (κ3) is 9.75. The number of rotatable bonds is 17. The topological polar surface area (TPSA) is 46.5 Å². The Balaban J connectivity index is 1.89. The van der Waals surface area contributed by atoms with Crippen LogP contribution in [0.4, 0.5) is 0 Å². The highest BCUT2D eigenvalue weighted by Gasteiger charge is 2.38. The van der Waals surface area contributed by atoms with Gasteiger partial charge in [-0.05, 0) is 19.8 Å². The third-order valence-electron chi connectivity index (χ3n) is 5.54. The van der Waals surface area contributed by atoms with Crippen LogP contribution in [-0.2, 0) is 9.53 Å². The summed E-state index contributed by atoms with van der Waals surface area (Å²) in [6.45, 7) is 4.20. The Labute approximate surface area is 161 Å². The number of carbonyl (C=O) groups excluding carboxylic acids is 1. The summed E-state index contributed by atoms with van der Waals surface area (Å²) in [5, 5.41) is 8.96. The molecule has 0 radical (unpaired) electrons. The largest absolute Gasteiger partial charge is 0.484 e. The number of hydrogen-bond donors (Lipinski definition) is 1. The van der Waals surface area contributed by atoms with Gasteiger partial charge in [0.25, 0.3) is 0 Å². The van der Waals surface area contributed by atoms with Gasteiger partial charge in [-0.2, -0.15) is 0 Å². The predicted molar refractivity (Wildman–Crippen MR) is 109 cm³/mol. The van der Waals surface area contributed by atoms with Crippen molar-refractivity contribution in [1.82, 2.24) is 0 Å². The van der Waals surface area contributed by atoms with E-state index in [1.165, 1.54) is 83.5 Å². The van der Waals surface area contributed by atoms with Crippen LogP contribution in [-0.4, -0.2) is 23.1 Å². The molecule has 0 aromatic heterocycles. The first kappa shape index (κ1) is 23.2. The number of unbranched alkanes of at least 4 members (excludes halogenated alkanes) is 13. The molecule has 0 saturated heterocycles. The van der Waals surface area contributed by atoms with Crippen molar-refractivity contribution in [2.24, 2.45) is 0 Å². The summed E-state index contributed by atoms with van der Waals surface area (Å²) >= 11 is 0. The second-order valence-electron chi connectivity index (χ2n) is 8.13. The zero-order valence-electron chi connectivity index (χ0n) is 17.4. The predicted octanol–water partition coefficient (Wildman–Crippen LogP) is 6.48. The number of aliphatic hydroxyl groups excluding tert-OH is 1. The van der Waals surface area contributed by atoms with E-state index in [9.17, 15) is 4.79 Å². The van der Waals surface area contributed by atoms with Crippen LogP contribution >= 0.6 is 0 Å². The highest BCUT2D eigenvalue weighted by atomic mass is 16.5. The molecule has 0 fully saturated rings. The number of aliphatic hydroxyl groups is 1. The van der Waals surface area contributed by atoms with E-state index in [-0.39, 0.29) is 12.4 Å². The smallest absolute Gasteiger partial charge is 0.202 e. The Bertz CT molecular complexity index is 402. The summed E-state index contributed by atoms with van der Waals surface area (Å²) in [4.78, 5) is 12.1. The van der Waals surface area contributed by atoms with E-state index in [1.807, 2.05) is 6.92 Å². The van der Waals surface area contributed by atoms with Gasteiger partial charge in [0.15, 0.2) is 5.60 Å². The first-order valence-electron chi connectivity index (χ1n) is 11.2. The molecule has 1 aliphatic heterocycles. The van der Waals surface area contributed by atoms with Gasteiger partial charge in [0.1, 0.15) is 5.76 Å². The quantitative estimate of drug-likeness (QED) is 0.300. The first-order valence-corrected chi connectivity index (χ1v) is 11.2. The molecule has 1 aliphatic rings. The molecule has 1 rings (SSSR count). The van der Waals surface area contributed by atoms with Gasteiger partial charge in [0.2, 0.25) is 5.78 Å². The lowest BCUT2D eigenvalue weighted by Crippen LogP contribution is -2.32. The fourth-order valence-corrected chi connectivity index (χ4v) is 3.73. The maximum absolute atomic E-state index is 12.1. The third-order valence-corrected chi connectivity index (χ3v) is 5.54. The van der Waals surface area contributed by atoms with Crippen molar-refractivity contribution >= 4 is 5.78 Å². The molecule has 26 heavy (non-hydrogen) atoms. The van der Waals surface area contributed by atoms with E-state index in [4.69, 9.17) is 9.84 Å². The van der Waals surface area contributed by atoms with Gasteiger partial charge >= 0.3 is 0 Å². The molecule has 0 amide bonds. The molecule has 3 heteroatoms. The average Bonchev–Trinajstić information content (AvgIpc) is 2.89. The molecule has 0 aromatic carbocycles. The summed E-state index contributed by atoms with van der Waals surface area (Å²) < 4.78 is 5.77. The summed E-state index contributed by atoms with van der Waals surface area (Å²) in [7, 11) is 0. The maximum atomic E-state index is 12.1. The van der Waals surface area contributed by atoms with E-state index in [2.05, 4.69) is 6.92 Å². The fraction of sp³-hybridized carbons (Fsp3) is 0.870. The summed E-state index contributed by atoms with van der Waals surface area (Å²) in [5.41, 5.74) is -0.679. The molecule has 0 saturated carbocycles. The molecule has 1 N–H and O–H groups in total. The lowest BCUT2D eigenvalue weighted by atomic mass is 9.94. The van der Waals surface area contributed by atoms with E-state index < -0.39 is 5.60 Å². The maximum Gasteiger partial charge on any atom is 0.202 e. The standard InChI is InChI=1S/C23H42O3/c1-3-4-5-6-7-8-9-10-11-12-13-14-15-16-18-23(2)22(25)20-21(26-23)17-19-24/h20,24H,3-19H2,1-2H3/t23-/m0/s1. The molecule has 0 aromatic rings. The number of ether oxygens (including phenoxy) is 1. The van der Waals surface area contributed by atoms with E-state index in [0.29, 0.717) is 12.2 Å². The van der Waals surface area contributed by atoms with Gasteiger partial charge in [0, 0.05) is 12.5 Å². The molecule has 152 valence electrons.